The van der Waals surface area contributed by atoms with Crippen molar-refractivity contribution >= 4 is 0 Å². The molecule has 4 heteroatoms. The smallest absolute Gasteiger partial charge is 0.127 e. The zero-order valence-corrected chi connectivity index (χ0v) is 18.0. The molecular formula is C26H34N2O2. The first kappa shape index (κ1) is 19.9. The lowest BCUT2D eigenvalue weighted by atomic mass is 9.92. The van der Waals surface area contributed by atoms with E-state index in [-0.39, 0.29) is 6.10 Å². The van der Waals surface area contributed by atoms with Gasteiger partial charge >= 0.3 is 0 Å². The summed E-state index contributed by atoms with van der Waals surface area (Å²) in [7, 11) is 0. The molecular weight excluding hydrogens is 372 g/mol. The Morgan fingerprint density at radius 1 is 1.07 bits per heavy atom. The first-order valence-electron chi connectivity index (χ1n) is 11.8. The number of piperidine rings is 1. The molecule has 2 N–H and O–H groups in total. The van der Waals surface area contributed by atoms with Gasteiger partial charge in [0, 0.05) is 36.2 Å². The molecule has 1 aliphatic carbocycles. The summed E-state index contributed by atoms with van der Waals surface area (Å²) < 4.78 is 12.6. The highest BCUT2D eigenvalue weighted by Gasteiger charge is 2.28. The van der Waals surface area contributed by atoms with Crippen LogP contribution in [0.2, 0.25) is 0 Å². The third-order valence-electron chi connectivity index (χ3n) is 6.82. The van der Waals surface area contributed by atoms with Crippen LogP contribution in [0.1, 0.15) is 68.2 Å². The van der Waals surface area contributed by atoms with Gasteiger partial charge in [0.2, 0.25) is 0 Å². The van der Waals surface area contributed by atoms with E-state index >= 15 is 0 Å². The van der Waals surface area contributed by atoms with Gasteiger partial charge < -0.3 is 20.1 Å². The molecule has 3 aliphatic rings. The number of hydrogen-bond acceptors (Lipinski definition) is 4. The molecule has 2 aromatic rings. The Balaban J connectivity index is 1.33. The topological polar surface area (TPSA) is 42.5 Å². The van der Waals surface area contributed by atoms with Crippen LogP contribution in [0.5, 0.6) is 11.5 Å². The van der Waals surface area contributed by atoms with E-state index in [1.54, 1.807) is 0 Å². The summed E-state index contributed by atoms with van der Waals surface area (Å²) in [6, 6.07) is 16.0. The van der Waals surface area contributed by atoms with Gasteiger partial charge in [-0.3, -0.25) is 0 Å². The summed E-state index contributed by atoms with van der Waals surface area (Å²) in [5.74, 6) is 2.10. The van der Waals surface area contributed by atoms with Crippen LogP contribution in [-0.4, -0.2) is 24.8 Å². The van der Waals surface area contributed by atoms with Gasteiger partial charge in [-0.05, 0) is 69.7 Å². The van der Waals surface area contributed by atoms with Gasteiger partial charge in [0.05, 0.1) is 6.10 Å². The molecule has 4 nitrogen and oxygen atoms in total. The van der Waals surface area contributed by atoms with E-state index in [1.807, 2.05) is 0 Å². The predicted octanol–water partition coefficient (Wildman–Crippen LogP) is 4.91. The Labute approximate surface area is 180 Å². The highest BCUT2D eigenvalue weighted by atomic mass is 16.5. The van der Waals surface area contributed by atoms with E-state index in [0.29, 0.717) is 18.2 Å². The molecule has 2 aliphatic heterocycles. The van der Waals surface area contributed by atoms with Gasteiger partial charge in [0.25, 0.3) is 0 Å². The fourth-order valence-electron chi connectivity index (χ4n) is 5.34. The van der Waals surface area contributed by atoms with Crippen molar-refractivity contribution in [1.29, 1.82) is 0 Å². The van der Waals surface area contributed by atoms with Crippen LogP contribution in [0, 0.1) is 0 Å². The monoisotopic (exact) mass is 406 g/mol. The second kappa shape index (κ2) is 8.99. The van der Waals surface area contributed by atoms with Crippen molar-refractivity contribution in [3.05, 3.63) is 59.2 Å². The Bertz CT molecular complexity index is 848. The van der Waals surface area contributed by atoms with Crippen LogP contribution < -0.4 is 20.1 Å². The van der Waals surface area contributed by atoms with E-state index in [9.17, 15) is 0 Å². The Morgan fingerprint density at radius 2 is 1.90 bits per heavy atom. The van der Waals surface area contributed by atoms with Crippen LogP contribution in [0.4, 0.5) is 0 Å². The van der Waals surface area contributed by atoms with Crippen molar-refractivity contribution in [2.45, 2.75) is 82.7 Å². The van der Waals surface area contributed by atoms with Crippen molar-refractivity contribution in [2.75, 3.05) is 6.54 Å². The molecule has 3 atom stereocenters. The van der Waals surface area contributed by atoms with E-state index in [1.165, 1.54) is 55.2 Å². The minimum atomic E-state index is 0.244. The van der Waals surface area contributed by atoms with Crippen molar-refractivity contribution in [2.24, 2.45) is 0 Å². The number of ether oxygens (including phenoxy) is 2. The molecule has 0 radical (unpaired) electrons. The molecule has 0 amide bonds. The zero-order valence-electron chi connectivity index (χ0n) is 18.0. The summed E-state index contributed by atoms with van der Waals surface area (Å²) in [6.07, 6.45) is 8.94. The molecule has 2 aromatic carbocycles. The minimum absolute atomic E-state index is 0.244. The van der Waals surface area contributed by atoms with Crippen LogP contribution in [0.25, 0.3) is 0 Å². The van der Waals surface area contributed by atoms with Crippen LogP contribution in [-0.2, 0) is 13.0 Å². The molecule has 0 aromatic heterocycles. The van der Waals surface area contributed by atoms with Crippen molar-refractivity contribution in [3.8, 4) is 11.5 Å². The minimum Gasteiger partial charge on any atom is -0.490 e. The first-order chi connectivity index (χ1) is 14.8. The van der Waals surface area contributed by atoms with Crippen LogP contribution in [0.3, 0.4) is 0 Å². The Hall–Kier alpha value is -2.04. The largest absolute Gasteiger partial charge is 0.490 e. The van der Waals surface area contributed by atoms with E-state index in [0.717, 1.165) is 31.0 Å². The van der Waals surface area contributed by atoms with Gasteiger partial charge in [-0.1, -0.05) is 30.3 Å². The second-order valence-electron chi connectivity index (χ2n) is 9.20. The normalized spacial score (nSPS) is 26.4. The number of rotatable bonds is 6. The van der Waals surface area contributed by atoms with Crippen molar-refractivity contribution in [1.82, 2.24) is 10.6 Å². The third-order valence-corrected chi connectivity index (χ3v) is 6.82. The average Bonchev–Trinajstić information content (AvgIpc) is 3.41. The zero-order chi connectivity index (χ0) is 20.3. The highest BCUT2D eigenvalue weighted by Crippen LogP contribution is 2.38. The third kappa shape index (κ3) is 4.35. The Kier molecular flexibility index (Phi) is 5.96. The van der Waals surface area contributed by atoms with Crippen molar-refractivity contribution < 1.29 is 9.47 Å². The summed E-state index contributed by atoms with van der Waals surface area (Å²) in [4.78, 5) is 0. The SMILES string of the molecule is CC1Cc2cc(OC3CCCC3)cc(CN[C@H]3CCCN[C@H]3c3ccccc3)c2O1. The number of fused-ring (bicyclic) bond motifs is 1. The maximum Gasteiger partial charge on any atom is 0.127 e. The maximum absolute atomic E-state index is 6.36. The van der Waals surface area contributed by atoms with Gasteiger partial charge in [-0.2, -0.15) is 0 Å². The molecule has 2 heterocycles. The molecule has 5 rings (SSSR count). The van der Waals surface area contributed by atoms with Gasteiger partial charge in [-0.15, -0.1) is 0 Å². The van der Waals surface area contributed by atoms with E-state index < -0.39 is 0 Å². The summed E-state index contributed by atoms with van der Waals surface area (Å²) >= 11 is 0. The Morgan fingerprint density at radius 3 is 2.73 bits per heavy atom. The lowest BCUT2D eigenvalue weighted by molar-refractivity contribution is 0.209. The molecule has 30 heavy (non-hydrogen) atoms. The van der Waals surface area contributed by atoms with Crippen LogP contribution in [0.15, 0.2) is 42.5 Å². The lowest BCUT2D eigenvalue weighted by Crippen LogP contribution is -2.45. The first-order valence-corrected chi connectivity index (χ1v) is 11.8. The summed E-state index contributed by atoms with van der Waals surface area (Å²) in [5, 5.41) is 7.58. The molecule has 0 spiro atoms. The number of nitrogens with one attached hydrogen (secondary N) is 2. The molecule has 160 valence electrons. The molecule has 1 saturated heterocycles. The summed E-state index contributed by atoms with van der Waals surface area (Å²) in [6.45, 7) is 4.05. The predicted molar refractivity (Wildman–Crippen MR) is 120 cm³/mol. The maximum atomic E-state index is 6.36. The fraction of sp³-hybridized carbons (Fsp3) is 0.538. The average molecular weight is 407 g/mol. The van der Waals surface area contributed by atoms with Gasteiger partial charge in [0.1, 0.15) is 17.6 Å². The van der Waals surface area contributed by atoms with E-state index in [2.05, 4.69) is 60.0 Å². The quantitative estimate of drug-likeness (QED) is 0.715. The van der Waals surface area contributed by atoms with Gasteiger partial charge in [-0.25, -0.2) is 0 Å². The molecule has 1 saturated carbocycles. The summed E-state index contributed by atoms with van der Waals surface area (Å²) in [5.41, 5.74) is 3.90. The molecule has 0 bridgehead atoms. The highest BCUT2D eigenvalue weighted by molar-refractivity contribution is 5.50. The standard InChI is InChI=1S/C26H34N2O2/c1-18-14-20-15-23(30-22-10-5-6-11-22)16-21(26(20)29-18)17-28-24-12-7-13-27-25(24)19-8-3-2-4-9-19/h2-4,8-9,15-16,18,22,24-25,27-28H,5-7,10-14,17H2,1H3/t18?,24-,25-/m0/s1. The number of benzene rings is 2. The lowest BCUT2D eigenvalue weighted by Gasteiger charge is -2.34. The molecule has 1 unspecified atom stereocenters. The van der Waals surface area contributed by atoms with Crippen LogP contribution >= 0.6 is 0 Å². The van der Waals surface area contributed by atoms with Gasteiger partial charge in [0.15, 0.2) is 0 Å². The molecule has 2 fully saturated rings. The number of hydrogen-bond donors (Lipinski definition) is 2. The van der Waals surface area contributed by atoms with Crippen molar-refractivity contribution in [3.63, 3.8) is 0 Å². The fourth-order valence-corrected chi connectivity index (χ4v) is 5.34. The second-order valence-corrected chi connectivity index (χ2v) is 9.20. The van der Waals surface area contributed by atoms with E-state index in [4.69, 9.17) is 9.47 Å².